The van der Waals surface area contributed by atoms with Crippen LogP contribution in [0.2, 0.25) is 0 Å². The smallest absolute Gasteiger partial charge is 0.252 e. The van der Waals surface area contributed by atoms with Crippen molar-refractivity contribution in [2.45, 2.75) is 88.1 Å². The molecule has 1 fully saturated rings. The van der Waals surface area contributed by atoms with Gasteiger partial charge < -0.3 is 34.6 Å². The molecule has 11 heteroatoms. The van der Waals surface area contributed by atoms with E-state index >= 15 is 0 Å². The first-order chi connectivity index (χ1) is 26.2. The number of aliphatic hydroxyl groups is 1. The lowest BCUT2D eigenvalue weighted by atomic mass is 9.72. The van der Waals surface area contributed by atoms with Crippen molar-refractivity contribution in [1.82, 2.24) is 20.6 Å². The zero-order valence-electron chi connectivity index (χ0n) is 30.0. The molecule has 272 valence electrons. The topological polar surface area (TPSA) is 152 Å². The standard InChI is InChI=1S/C43H39N5O6/c1-21(2)33-39-47-35-36(54-39)43-27-11-7-10-25(24-9-6-8-23-13-14-26(32(23)24)31-20-44-38(35)52-31)34(27)48-41(43)53-30-15-12-22(18-28(30)43)19-29(37(49)46-33)45-40(50)42(51)16-4-3-5-17-42/h6-12,14-15,18,20-21,29,33,41,48,51H,3-5,13,16-17,19H2,1-2H3,(H,45,50)(H,46,49)/t29?,33-,41-,43?/m0/s1. The van der Waals surface area contributed by atoms with Crippen LogP contribution in [0.3, 0.4) is 0 Å². The van der Waals surface area contributed by atoms with E-state index < -0.39 is 41.1 Å². The van der Waals surface area contributed by atoms with Crippen molar-refractivity contribution >= 4 is 23.1 Å². The fraction of sp³-hybridized carbons (Fsp3) is 0.349. The molecule has 6 heterocycles. The number of carbonyl (C=O) groups excluding carboxylic acids is 2. The molecule has 3 aromatic carbocycles. The average Bonchev–Trinajstić information content (AvgIpc) is 3.99. The number of allylic oxidation sites excluding steroid dienone is 1. The first kappa shape index (κ1) is 31.8. The molecule has 10 bridgehead atoms. The van der Waals surface area contributed by atoms with Gasteiger partial charge >= 0.3 is 0 Å². The molecule has 54 heavy (non-hydrogen) atoms. The number of ether oxygens (including phenoxy) is 1. The van der Waals surface area contributed by atoms with Crippen LogP contribution in [0.1, 0.15) is 97.2 Å². The molecule has 4 atom stereocenters. The molecule has 0 radical (unpaired) electrons. The molecular weight excluding hydrogens is 683 g/mol. The normalized spacial score (nSPS) is 24.9. The summed E-state index contributed by atoms with van der Waals surface area (Å²) in [6, 6.07) is 17.0. The van der Waals surface area contributed by atoms with Crippen LogP contribution in [-0.2, 0) is 27.8 Å². The Labute approximate surface area is 311 Å². The lowest BCUT2D eigenvalue weighted by Gasteiger charge is -2.33. The molecule has 1 saturated carbocycles. The Morgan fingerprint density at radius 3 is 2.69 bits per heavy atom. The molecule has 11 nitrogen and oxygen atoms in total. The number of anilines is 1. The zero-order valence-corrected chi connectivity index (χ0v) is 30.0. The molecule has 4 aliphatic heterocycles. The number of benzene rings is 3. The summed E-state index contributed by atoms with van der Waals surface area (Å²) in [5, 5.41) is 21.3. The summed E-state index contributed by atoms with van der Waals surface area (Å²) in [4.78, 5) is 38.1. The van der Waals surface area contributed by atoms with Crippen molar-refractivity contribution in [2.24, 2.45) is 5.92 Å². The SMILES string of the molecule is CC(C)[C@@H]1NC(=O)C(NC(=O)C2(O)CCCCC2)Cc2ccc3c(c2)C24c5cccc(c5N[C@H]2O3)-c2cccc3c2C(=CC3)c2cnc(o2)-c2nc1oc24. The van der Waals surface area contributed by atoms with Crippen LogP contribution in [0, 0.1) is 5.92 Å². The largest absolute Gasteiger partial charge is 0.469 e. The van der Waals surface area contributed by atoms with Crippen LogP contribution in [0.15, 0.2) is 75.7 Å². The van der Waals surface area contributed by atoms with Crippen molar-refractivity contribution in [3.8, 4) is 28.5 Å². The Hall–Kier alpha value is -5.68. The molecular formula is C43H39N5O6. The number of amides is 2. The first-order valence-electron chi connectivity index (χ1n) is 19.1. The minimum Gasteiger partial charge on any atom is -0.469 e. The molecule has 6 aliphatic rings. The lowest BCUT2D eigenvalue weighted by Crippen LogP contribution is -2.56. The Kier molecular flexibility index (Phi) is 6.58. The minimum atomic E-state index is -1.51. The third kappa shape index (κ3) is 4.27. The first-order valence-corrected chi connectivity index (χ1v) is 19.1. The Bertz CT molecular complexity index is 2470. The van der Waals surface area contributed by atoms with Gasteiger partial charge in [-0.15, -0.1) is 0 Å². The van der Waals surface area contributed by atoms with Crippen LogP contribution in [0.4, 0.5) is 5.69 Å². The highest BCUT2D eigenvalue weighted by Crippen LogP contribution is 2.61. The number of nitrogens with zero attached hydrogens (tertiary/aromatic N) is 2. The van der Waals surface area contributed by atoms with Crippen LogP contribution in [0.5, 0.6) is 5.75 Å². The van der Waals surface area contributed by atoms with E-state index in [0.717, 1.165) is 70.3 Å². The van der Waals surface area contributed by atoms with Gasteiger partial charge in [-0.1, -0.05) is 87.7 Å². The maximum absolute atomic E-state index is 14.3. The van der Waals surface area contributed by atoms with Crippen LogP contribution >= 0.6 is 0 Å². The fourth-order valence-electron chi connectivity index (χ4n) is 9.76. The van der Waals surface area contributed by atoms with E-state index in [1.165, 1.54) is 5.56 Å². The predicted molar refractivity (Wildman–Crippen MR) is 198 cm³/mol. The zero-order chi connectivity index (χ0) is 36.5. The summed E-state index contributed by atoms with van der Waals surface area (Å²) in [6.07, 6.45) is 7.51. The quantitative estimate of drug-likeness (QED) is 0.168. The van der Waals surface area contributed by atoms with Crippen molar-refractivity contribution in [2.75, 3.05) is 5.32 Å². The molecule has 2 aromatic heterocycles. The summed E-state index contributed by atoms with van der Waals surface area (Å²) < 4.78 is 20.6. The summed E-state index contributed by atoms with van der Waals surface area (Å²) in [5.41, 5.74) is 6.86. The molecule has 0 saturated heterocycles. The predicted octanol–water partition coefficient (Wildman–Crippen LogP) is 6.33. The number of rotatable bonds is 3. The van der Waals surface area contributed by atoms with Crippen LogP contribution in [0.25, 0.3) is 28.3 Å². The van der Waals surface area contributed by atoms with Gasteiger partial charge in [0.05, 0.1) is 6.20 Å². The van der Waals surface area contributed by atoms with Gasteiger partial charge in [0.25, 0.3) is 5.91 Å². The van der Waals surface area contributed by atoms with Crippen LogP contribution in [-0.4, -0.2) is 44.8 Å². The van der Waals surface area contributed by atoms with Crippen molar-refractivity contribution < 1.29 is 28.3 Å². The number of hydrogen-bond acceptors (Lipinski definition) is 9. The number of para-hydroxylation sites is 1. The van der Waals surface area contributed by atoms with Gasteiger partial charge in [-0.25, -0.2) is 9.97 Å². The Morgan fingerprint density at radius 2 is 1.83 bits per heavy atom. The van der Waals surface area contributed by atoms with Gasteiger partial charge in [0.2, 0.25) is 17.7 Å². The van der Waals surface area contributed by atoms with Crippen molar-refractivity contribution in [3.63, 3.8) is 0 Å². The molecule has 4 N–H and O–H groups in total. The van der Waals surface area contributed by atoms with Crippen LogP contribution < -0.4 is 20.7 Å². The molecule has 2 aliphatic carbocycles. The van der Waals surface area contributed by atoms with Crippen molar-refractivity contribution in [3.05, 3.63) is 112 Å². The van der Waals surface area contributed by atoms with E-state index in [1.807, 2.05) is 26.0 Å². The van der Waals surface area contributed by atoms with Gasteiger partial charge in [-0.2, -0.15) is 0 Å². The second kappa shape index (κ2) is 11.2. The third-order valence-electron chi connectivity index (χ3n) is 12.5. The van der Waals surface area contributed by atoms with E-state index in [-0.39, 0.29) is 12.3 Å². The fourth-order valence-corrected chi connectivity index (χ4v) is 9.76. The monoisotopic (exact) mass is 721 g/mol. The van der Waals surface area contributed by atoms with Gasteiger partial charge in [0, 0.05) is 34.4 Å². The average molecular weight is 722 g/mol. The van der Waals surface area contributed by atoms with Gasteiger partial charge in [0.15, 0.2) is 23.4 Å². The number of fused-ring (bicyclic) bond motifs is 7. The third-order valence-corrected chi connectivity index (χ3v) is 12.5. The second-order valence-electron chi connectivity index (χ2n) is 16.0. The minimum absolute atomic E-state index is 0.156. The second-order valence-corrected chi connectivity index (χ2v) is 16.0. The summed E-state index contributed by atoms with van der Waals surface area (Å²) in [5.74, 6) is 1.34. The van der Waals surface area contributed by atoms with Gasteiger partial charge in [-0.3, -0.25) is 9.59 Å². The summed E-state index contributed by atoms with van der Waals surface area (Å²) >= 11 is 0. The number of carbonyl (C=O) groups is 2. The molecule has 2 unspecified atom stereocenters. The Balaban J connectivity index is 1.17. The summed E-state index contributed by atoms with van der Waals surface area (Å²) in [7, 11) is 0. The molecule has 2 amide bonds. The number of oxazole rings is 2. The van der Waals surface area contributed by atoms with Gasteiger partial charge in [0.1, 0.15) is 28.8 Å². The van der Waals surface area contributed by atoms with E-state index in [0.29, 0.717) is 47.6 Å². The molecule has 11 rings (SSSR count). The Morgan fingerprint density at radius 1 is 1.00 bits per heavy atom. The lowest BCUT2D eigenvalue weighted by molar-refractivity contribution is -0.145. The molecule has 5 aromatic rings. The van der Waals surface area contributed by atoms with E-state index in [2.05, 4.69) is 64.5 Å². The number of hydrogen-bond donors (Lipinski definition) is 4. The maximum atomic E-state index is 14.3. The van der Waals surface area contributed by atoms with E-state index in [1.54, 1.807) is 6.20 Å². The van der Waals surface area contributed by atoms with Crippen molar-refractivity contribution in [1.29, 1.82) is 0 Å². The highest BCUT2D eigenvalue weighted by Gasteiger charge is 2.62. The number of aromatic nitrogens is 2. The van der Waals surface area contributed by atoms with E-state index in [4.69, 9.17) is 23.5 Å². The summed E-state index contributed by atoms with van der Waals surface area (Å²) in [6.45, 7) is 3.98. The maximum Gasteiger partial charge on any atom is 0.252 e. The number of nitrogens with one attached hydrogen (secondary N) is 3. The van der Waals surface area contributed by atoms with E-state index in [9.17, 15) is 14.7 Å². The highest BCUT2D eigenvalue weighted by molar-refractivity contribution is 5.97. The highest BCUT2D eigenvalue weighted by atomic mass is 16.5. The molecule has 1 spiro atoms. The van der Waals surface area contributed by atoms with Gasteiger partial charge in [-0.05, 0) is 53.5 Å².